The maximum absolute atomic E-state index is 13.8. The number of para-hydroxylation sites is 1. The number of alkyl halides is 3. The highest BCUT2D eigenvalue weighted by Crippen LogP contribution is 2.31. The zero-order valence-electron chi connectivity index (χ0n) is 17.5. The van der Waals surface area contributed by atoms with Gasteiger partial charge in [0.05, 0.1) is 23.4 Å². The van der Waals surface area contributed by atoms with Crippen LogP contribution in [0, 0.1) is 5.82 Å². The number of Topliss-reactive ketones (excluding diaryl/α,β-unsaturated/α-hetero) is 1. The average molecular weight is 474 g/mol. The van der Waals surface area contributed by atoms with Crippen LogP contribution in [0.2, 0.25) is 0 Å². The van der Waals surface area contributed by atoms with Gasteiger partial charge in [-0.25, -0.2) is 4.39 Å². The van der Waals surface area contributed by atoms with Gasteiger partial charge in [0.15, 0.2) is 12.4 Å². The first-order chi connectivity index (χ1) is 16.1. The van der Waals surface area contributed by atoms with Gasteiger partial charge in [0.1, 0.15) is 11.6 Å². The Balaban J connectivity index is 1.61. The molecular weight excluding hydrogens is 456 g/mol. The molecule has 34 heavy (non-hydrogen) atoms. The fourth-order valence-electron chi connectivity index (χ4n) is 2.89. The van der Waals surface area contributed by atoms with Crippen molar-refractivity contribution in [2.75, 3.05) is 18.5 Å². The van der Waals surface area contributed by atoms with E-state index in [4.69, 9.17) is 4.74 Å². The smallest absolute Gasteiger partial charge is 0.416 e. The van der Waals surface area contributed by atoms with E-state index in [-0.39, 0.29) is 23.6 Å². The summed E-state index contributed by atoms with van der Waals surface area (Å²) in [6.45, 7) is -0.977. The largest absolute Gasteiger partial charge is 0.483 e. The standard InChI is InChI=1S/C24H18F4N2O4/c25-18-11-10-16(24(26,27)28)12-19(18)30-22(32)14-34-21-9-5-4-8-17(21)23(33)29-13-20(31)15-6-2-1-3-7-15/h1-12H,13-14H2,(H,29,33)(H,30,32). The van der Waals surface area contributed by atoms with Crippen LogP contribution in [0.15, 0.2) is 72.8 Å². The van der Waals surface area contributed by atoms with Gasteiger partial charge in [0, 0.05) is 5.56 Å². The molecule has 0 heterocycles. The lowest BCUT2D eigenvalue weighted by molar-refractivity contribution is -0.137. The molecule has 0 atom stereocenters. The maximum atomic E-state index is 13.8. The second kappa shape index (κ2) is 10.6. The first-order valence-corrected chi connectivity index (χ1v) is 9.90. The van der Waals surface area contributed by atoms with Crippen molar-refractivity contribution in [1.29, 1.82) is 0 Å². The average Bonchev–Trinajstić information content (AvgIpc) is 2.82. The molecule has 3 aromatic rings. The van der Waals surface area contributed by atoms with Crippen molar-refractivity contribution in [3.05, 3.63) is 95.3 Å². The Labute approximate surface area is 191 Å². The third-order valence-electron chi connectivity index (χ3n) is 4.56. The second-order valence-corrected chi connectivity index (χ2v) is 7.00. The fraction of sp³-hybridized carbons (Fsp3) is 0.125. The van der Waals surface area contributed by atoms with Crippen LogP contribution in [-0.4, -0.2) is 30.7 Å². The summed E-state index contributed by atoms with van der Waals surface area (Å²) < 4.78 is 57.6. The number of hydrogen-bond acceptors (Lipinski definition) is 4. The zero-order chi connectivity index (χ0) is 24.7. The molecule has 0 unspecified atom stereocenters. The molecular formula is C24H18F4N2O4. The van der Waals surface area contributed by atoms with Crippen molar-refractivity contribution in [2.45, 2.75) is 6.18 Å². The van der Waals surface area contributed by atoms with Crippen LogP contribution in [0.5, 0.6) is 5.75 Å². The third-order valence-corrected chi connectivity index (χ3v) is 4.56. The van der Waals surface area contributed by atoms with Crippen LogP contribution in [0.4, 0.5) is 23.2 Å². The summed E-state index contributed by atoms with van der Waals surface area (Å²) in [5.41, 5.74) is -1.33. The molecule has 0 aliphatic rings. The Morgan fingerprint density at radius 3 is 2.26 bits per heavy atom. The Morgan fingerprint density at radius 2 is 1.56 bits per heavy atom. The van der Waals surface area contributed by atoms with E-state index in [1.165, 1.54) is 18.2 Å². The number of carbonyl (C=O) groups is 3. The maximum Gasteiger partial charge on any atom is 0.416 e. The van der Waals surface area contributed by atoms with Crippen LogP contribution in [0.1, 0.15) is 26.3 Å². The molecule has 2 amide bonds. The van der Waals surface area contributed by atoms with Crippen LogP contribution in [0.25, 0.3) is 0 Å². The minimum absolute atomic E-state index is 0.00757. The van der Waals surface area contributed by atoms with Crippen molar-refractivity contribution < 1.29 is 36.7 Å². The number of nitrogens with one attached hydrogen (secondary N) is 2. The Morgan fingerprint density at radius 1 is 0.882 bits per heavy atom. The molecule has 10 heteroatoms. The number of carbonyl (C=O) groups excluding carboxylic acids is 3. The van der Waals surface area contributed by atoms with E-state index in [9.17, 15) is 31.9 Å². The van der Waals surface area contributed by atoms with Gasteiger partial charge in [-0.05, 0) is 30.3 Å². The van der Waals surface area contributed by atoms with Gasteiger partial charge in [-0.3, -0.25) is 14.4 Å². The number of ketones is 1. The minimum Gasteiger partial charge on any atom is -0.483 e. The zero-order valence-corrected chi connectivity index (χ0v) is 17.5. The molecule has 2 N–H and O–H groups in total. The van der Waals surface area contributed by atoms with Crippen molar-refractivity contribution in [1.82, 2.24) is 5.32 Å². The number of hydrogen-bond donors (Lipinski definition) is 2. The minimum atomic E-state index is -4.71. The summed E-state index contributed by atoms with van der Waals surface area (Å²) in [6, 6.07) is 15.8. The predicted molar refractivity (Wildman–Crippen MR) is 115 cm³/mol. The van der Waals surface area contributed by atoms with Gasteiger partial charge < -0.3 is 15.4 Å². The van der Waals surface area contributed by atoms with Gasteiger partial charge in [-0.15, -0.1) is 0 Å². The molecule has 3 aromatic carbocycles. The normalized spacial score (nSPS) is 10.9. The number of benzene rings is 3. The number of rotatable bonds is 8. The molecule has 0 saturated heterocycles. The molecule has 3 rings (SSSR count). The summed E-state index contributed by atoms with van der Waals surface area (Å²) >= 11 is 0. The monoisotopic (exact) mass is 474 g/mol. The Kier molecular flexibility index (Phi) is 7.62. The van der Waals surface area contributed by atoms with E-state index in [0.717, 1.165) is 0 Å². The van der Waals surface area contributed by atoms with E-state index in [2.05, 4.69) is 5.32 Å². The highest BCUT2D eigenvalue weighted by molar-refractivity contribution is 6.03. The summed E-state index contributed by atoms with van der Waals surface area (Å²) in [7, 11) is 0. The lowest BCUT2D eigenvalue weighted by atomic mass is 10.1. The van der Waals surface area contributed by atoms with Gasteiger partial charge in [-0.1, -0.05) is 42.5 Å². The molecule has 0 bridgehead atoms. The molecule has 0 aliphatic carbocycles. The molecule has 0 spiro atoms. The quantitative estimate of drug-likeness (QED) is 0.373. The number of amides is 2. The van der Waals surface area contributed by atoms with Crippen molar-refractivity contribution in [3.63, 3.8) is 0 Å². The van der Waals surface area contributed by atoms with Crippen LogP contribution in [-0.2, 0) is 11.0 Å². The summed E-state index contributed by atoms with van der Waals surface area (Å²) in [5.74, 6) is -2.94. The third kappa shape index (κ3) is 6.41. The van der Waals surface area contributed by atoms with E-state index in [0.29, 0.717) is 23.8 Å². The Hall–Kier alpha value is -4.21. The second-order valence-electron chi connectivity index (χ2n) is 7.00. The van der Waals surface area contributed by atoms with Crippen LogP contribution < -0.4 is 15.4 Å². The molecule has 0 aliphatic heterocycles. The predicted octanol–water partition coefficient (Wildman–Crippen LogP) is 4.47. The molecule has 176 valence electrons. The van der Waals surface area contributed by atoms with Gasteiger partial charge in [0.2, 0.25) is 0 Å². The lowest BCUT2D eigenvalue weighted by Crippen LogP contribution is -2.30. The number of halogens is 4. The summed E-state index contributed by atoms with van der Waals surface area (Å²) in [4.78, 5) is 36.8. The van der Waals surface area contributed by atoms with E-state index < -0.39 is 41.7 Å². The van der Waals surface area contributed by atoms with Gasteiger partial charge in [-0.2, -0.15) is 13.2 Å². The van der Waals surface area contributed by atoms with Crippen LogP contribution >= 0.6 is 0 Å². The number of ether oxygens (including phenoxy) is 1. The first kappa shape index (κ1) is 24.4. The SMILES string of the molecule is O=C(COc1ccccc1C(=O)NCC(=O)c1ccccc1)Nc1cc(C(F)(F)F)ccc1F. The van der Waals surface area contributed by atoms with Crippen LogP contribution in [0.3, 0.4) is 0 Å². The highest BCUT2D eigenvalue weighted by atomic mass is 19.4. The Bertz CT molecular complexity index is 1200. The molecule has 0 aromatic heterocycles. The summed E-state index contributed by atoms with van der Waals surface area (Å²) in [5, 5.41) is 4.48. The van der Waals surface area contributed by atoms with Gasteiger partial charge >= 0.3 is 6.18 Å². The summed E-state index contributed by atoms with van der Waals surface area (Å²) in [6.07, 6.45) is -4.71. The van der Waals surface area contributed by atoms with E-state index in [1.54, 1.807) is 36.4 Å². The molecule has 0 radical (unpaired) electrons. The molecule has 0 fully saturated rings. The fourth-order valence-corrected chi connectivity index (χ4v) is 2.89. The molecule has 0 saturated carbocycles. The van der Waals surface area contributed by atoms with Gasteiger partial charge in [0.25, 0.3) is 11.8 Å². The highest BCUT2D eigenvalue weighted by Gasteiger charge is 2.31. The van der Waals surface area contributed by atoms with E-state index >= 15 is 0 Å². The number of anilines is 1. The van der Waals surface area contributed by atoms with Crippen molar-refractivity contribution in [2.24, 2.45) is 0 Å². The topological polar surface area (TPSA) is 84.5 Å². The van der Waals surface area contributed by atoms with Crippen molar-refractivity contribution >= 4 is 23.3 Å². The lowest BCUT2D eigenvalue weighted by Gasteiger charge is -2.13. The van der Waals surface area contributed by atoms with Crippen molar-refractivity contribution in [3.8, 4) is 5.75 Å². The first-order valence-electron chi connectivity index (χ1n) is 9.90. The van der Waals surface area contributed by atoms with E-state index in [1.807, 2.05) is 5.32 Å². The molecule has 6 nitrogen and oxygen atoms in total.